The van der Waals surface area contributed by atoms with Crippen LogP contribution in [0, 0.1) is 12.8 Å². The minimum atomic E-state index is -0.272. The van der Waals surface area contributed by atoms with E-state index in [4.69, 9.17) is 20.0 Å². The maximum atomic E-state index is 5.87. The molecule has 0 aromatic carbocycles. The highest BCUT2D eigenvalue weighted by Gasteiger charge is 2.40. The highest BCUT2D eigenvalue weighted by molar-refractivity contribution is 7.09. The highest BCUT2D eigenvalue weighted by atomic mass is 32.1. The zero-order valence-electron chi connectivity index (χ0n) is 13.6. The summed E-state index contributed by atoms with van der Waals surface area (Å²) in [5, 5.41) is 6.98. The van der Waals surface area contributed by atoms with Gasteiger partial charge in [-0.05, 0) is 32.1 Å². The first-order valence-corrected chi connectivity index (χ1v) is 9.16. The number of amidine groups is 1. The lowest BCUT2D eigenvalue weighted by molar-refractivity contribution is -0.183. The van der Waals surface area contributed by atoms with E-state index >= 15 is 0 Å². The van der Waals surface area contributed by atoms with Gasteiger partial charge in [-0.1, -0.05) is 5.16 Å². The maximum Gasteiger partial charge on any atom is 0.168 e. The first-order valence-electron chi connectivity index (χ1n) is 8.28. The van der Waals surface area contributed by atoms with Crippen LogP contribution in [0.2, 0.25) is 0 Å². The zero-order chi connectivity index (χ0) is 16.1. The second-order valence-corrected chi connectivity index (χ2v) is 7.26. The minimum Gasteiger partial charge on any atom is -0.394 e. The smallest absolute Gasteiger partial charge is 0.168 e. The van der Waals surface area contributed by atoms with Crippen molar-refractivity contribution in [2.24, 2.45) is 16.8 Å². The van der Waals surface area contributed by atoms with Gasteiger partial charge in [-0.3, -0.25) is 0 Å². The summed E-state index contributed by atoms with van der Waals surface area (Å²) < 4.78 is 11.5. The second kappa shape index (κ2) is 7.59. The SMILES string of the molecule is Cc1csc(C/C(N)=N/OCCC2CCC3(CC2)OCCO3)n1. The van der Waals surface area contributed by atoms with Gasteiger partial charge < -0.3 is 20.0 Å². The molecule has 0 amide bonds. The number of nitrogens with two attached hydrogens (primary N) is 1. The van der Waals surface area contributed by atoms with Gasteiger partial charge in [0.15, 0.2) is 5.79 Å². The Balaban J connectivity index is 1.33. The number of aromatic nitrogens is 1. The average Bonchev–Trinajstić information content (AvgIpc) is 3.15. The Morgan fingerprint density at radius 1 is 1.43 bits per heavy atom. The van der Waals surface area contributed by atoms with Crippen molar-refractivity contribution in [1.29, 1.82) is 0 Å². The molecule has 0 unspecified atom stereocenters. The predicted molar refractivity (Wildman–Crippen MR) is 89.3 cm³/mol. The molecule has 2 aliphatic rings. The van der Waals surface area contributed by atoms with Gasteiger partial charge in [0.2, 0.25) is 0 Å². The zero-order valence-corrected chi connectivity index (χ0v) is 14.4. The van der Waals surface area contributed by atoms with E-state index in [1.165, 1.54) is 0 Å². The molecule has 0 bridgehead atoms. The van der Waals surface area contributed by atoms with Gasteiger partial charge in [0.05, 0.1) is 19.6 Å². The van der Waals surface area contributed by atoms with Crippen molar-refractivity contribution in [2.75, 3.05) is 19.8 Å². The molecular weight excluding hydrogens is 314 g/mol. The number of oxime groups is 1. The Labute approximate surface area is 141 Å². The lowest BCUT2D eigenvalue weighted by atomic mass is 9.83. The molecule has 2 N–H and O–H groups in total. The second-order valence-electron chi connectivity index (χ2n) is 6.31. The Bertz CT molecular complexity index is 530. The molecule has 0 atom stereocenters. The van der Waals surface area contributed by atoms with Gasteiger partial charge in [-0.15, -0.1) is 11.3 Å². The van der Waals surface area contributed by atoms with E-state index < -0.39 is 0 Å². The monoisotopic (exact) mass is 339 g/mol. The number of nitrogens with zero attached hydrogens (tertiary/aromatic N) is 2. The molecule has 1 aliphatic heterocycles. The number of ether oxygens (including phenoxy) is 2. The lowest BCUT2D eigenvalue weighted by Gasteiger charge is -2.35. The van der Waals surface area contributed by atoms with Crippen LogP contribution in [0.15, 0.2) is 10.5 Å². The van der Waals surface area contributed by atoms with Crippen molar-refractivity contribution < 1.29 is 14.3 Å². The predicted octanol–water partition coefficient (Wildman–Crippen LogP) is 2.61. The molecule has 1 aromatic heterocycles. The quantitative estimate of drug-likeness (QED) is 0.373. The Kier molecular flexibility index (Phi) is 5.50. The van der Waals surface area contributed by atoms with Crippen LogP contribution >= 0.6 is 11.3 Å². The van der Waals surface area contributed by atoms with E-state index in [-0.39, 0.29) is 5.79 Å². The minimum absolute atomic E-state index is 0.272. The molecule has 128 valence electrons. The molecule has 7 heteroatoms. The molecular formula is C16H25N3O3S. The molecule has 1 aliphatic carbocycles. The van der Waals surface area contributed by atoms with Gasteiger partial charge in [0.25, 0.3) is 0 Å². The topological polar surface area (TPSA) is 79.0 Å². The Morgan fingerprint density at radius 2 is 2.17 bits per heavy atom. The summed E-state index contributed by atoms with van der Waals surface area (Å²) in [5.74, 6) is 0.868. The summed E-state index contributed by atoms with van der Waals surface area (Å²) in [6.45, 7) is 4.05. The van der Waals surface area contributed by atoms with Crippen molar-refractivity contribution >= 4 is 17.2 Å². The summed E-state index contributed by atoms with van der Waals surface area (Å²) in [4.78, 5) is 9.74. The van der Waals surface area contributed by atoms with Gasteiger partial charge in [-0.25, -0.2) is 4.98 Å². The largest absolute Gasteiger partial charge is 0.394 e. The van der Waals surface area contributed by atoms with E-state index in [0.717, 1.165) is 56.0 Å². The fourth-order valence-corrected chi connectivity index (χ4v) is 4.00. The third-order valence-electron chi connectivity index (χ3n) is 4.48. The summed E-state index contributed by atoms with van der Waals surface area (Å²) >= 11 is 1.60. The summed E-state index contributed by atoms with van der Waals surface area (Å²) in [7, 11) is 0. The van der Waals surface area contributed by atoms with Crippen LogP contribution < -0.4 is 5.73 Å². The van der Waals surface area contributed by atoms with Crippen LogP contribution in [0.25, 0.3) is 0 Å². The molecule has 2 heterocycles. The van der Waals surface area contributed by atoms with Crippen LogP contribution in [0.4, 0.5) is 0 Å². The van der Waals surface area contributed by atoms with E-state index in [2.05, 4.69) is 10.1 Å². The standard InChI is InChI=1S/C16H25N3O3S/c1-12-11-23-15(18-12)10-14(17)19-22-7-4-13-2-5-16(6-3-13)20-8-9-21-16/h11,13H,2-10H2,1H3,(H2,17,19). The van der Waals surface area contributed by atoms with Crippen LogP contribution in [0.3, 0.4) is 0 Å². The number of aryl methyl sites for hydroxylation is 1. The molecule has 2 fully saturated rings. The lowest BCUT2D eigenvalue weighted by Crippen LogP contribution is -2.35. The number of rotatable bonds is 6. The van der Waals surface area contributed by atoms with Crippen LogP contribution in [0.1, 0.15) is 42.8 Å². The fraction of sp³-hybridized carbons (Fsp3) is 0.750. The van der Waals surface area contributed by atoms with E-state index in [0.29, 0.717) is 24.8 Å². The van der Waals surface area contributed by atoms with Crippen molar-refractivity contribution in [3.8, 4) is 0 Å². The summed E-state index contributed by atoms with van der Waals surface area (Å²) in [5.41, 5.74) is 6.89. The van der Waals surface area contributed by atoms with Crippen molar-refractivity contribution in [1.82, 2.24) is 4.98 Å². The van der Waals surface area contributed by atoms with E-state index in [1.807, 2.05) is 12.3 Å². The molecule has 0 radical (unpaired) electrons. The molecule has 6 nitrogen and oxygen atoms in total. The van der Waals surface area contributed by atoms with Gasteiger partial charge >= 0.3 is 0 Å². The van der Waals surface area contributed by atoms with Crippen molar-refractivity contribution in [3.05, 3.63) is 16.1 Å². The summed E-state index contributed by atoms with van der Waals surface area (Å²) in [6, 6.07) is 0. The highest BCUT2D eigenvalue weighted by Crippen LogP contribution is 2.39. The Morgan fingerprint density at radius 3 is 2.83 bits per heavy atom. The van der Waals surface area contributed by atoms with Gasteiger partial charge in [-0.2, -0.15) is 0 Å². The molecule has 3 rings (SSSR count). The first-order chi connectivity index (χ1) is 11.2. The third-order valence-corrected chi connectivity index (χ3v) is 5.45. The molecule has 23 heavy (non-hydrogen) atoms. The molecule has 1 aromatic rings. The number of hydrogen-bond donors (Lipinski definition) is 1. The first kappa shape index (κ1) is 16.7. The van der Waals surface area contributed by atoms with Crippen molar-refractivity contribution in [2.45, 2.75) is 51.2 Å². The van der Waals surface area contributed by atoms with Gasteiger partial charge in [0.1, 0.15) is 17.5 Å². The maximum absolute atomic E-state index is 5.87. The van der Waals surface area contributed by atoms with E-state index in [1.54, 1.807) is 11.3 Å². The molecule has 1 spiro atoms. The number of thiazole rings is 1. The average molecular weight is 339 g/mol. The van der Waals surface area contributed by atoms with Crippen LogP contribution in [-0.2, 0) is 20.7 Å². The fourth-order valence-electron chi connectivity index (χ4n) is 3.21. The molecule has 1 saturated carbocycles. The van der Waals surface area contributed by atoms with Gasteiger partial charge in [0, 0.05) is 23.9 Å². The third kappa shape index (κ3) is 4.65. The Hall–Kier alpha value is -1.18. The summed E-state index contributed by atoms with van der Waals surface area (Å²) in [6.07, 6.45) is 5.79. The van der Waals surface area contributed by atoms with E-state index in [9.17, 15) is 0 Å². The number of hydrogen-bond acceptors (Lipinski definition) is 6. The van der Waals surface area contributed by atoms with Crippen LogP contribution in [-0.4, -0.2) is 36.4 Å². The van der Waals surface area contributed by atoms with Crippen molar-refractivity contribution in [3.63, 3.8) is 0 Å². The molecule has 1 saturated heterocycles. The van der Waals surface area contributed by atoms with Crippen LogP contribution in [0.5, 0.6) is 0 Å². The normalized spacial score (nSPS) is 21.9.